The van der Waals surface area contributed by atoms with Crippen LogP contribution in [0.1, 0.15) is 78.6 Å². The van der Waals surface area contributed by atoms with Gasteiger partial charge in [-0.3, -0.25) is 0 Å². The molecule has 0 amide bonds. The van der Waals surface area contributed by atoms with E-state index in [1.807, 2.05) is 0 Å². The zero-order valence-corrected chi connectivity index (χ0v) is 13.8. The van der Waals surface area contributed by atoms with Crippen molar-refractivity contribution in [3.63, 3.8) is 0 Å². The molecule has 2 aliphatic rings. The van der Waals surface area contributed by atoms with Crippen LogP contribution in [-0.4, -0.2) is 23.3 Å². The maximum absolute atomic E-state index is 10.7. The third-order valence-corrected chi connectivity index (χ3v) is 5.51. The van der Waals surface area contributed by atoms with E-state index in [1.54, 1.807) is 0 Å². The normalized spacial score (nSPS) is 39.1. The molecule has 2 fully saturated rings. The lowest BCUT2D eigenvalue weighted by atomic mass is 9.78. The van der Waals surface area contributed by atoms with Crippen molar-refractivity contribution in [1.29, 1.82) is 0 Å². The van der Waals surface area contributed by atoms with Gasteiger partial charge in [-0.1, -0.05) is 33.6 Å². The summed E-state index contributed by atoms with van der Waals surface area (Å²) in [5, 5.41) is 14.4. The van der Waals surface area contributed by atoms with Gasteiger partial charge in [0.15, 0.2) is 0 Å². The highest BCUT2D eigenvalue weighted by atomic mass is 16.3. The van der Waals surface area contributed by atoms with Gasteiger partial charge in [-0.2, -0.15) is 0 Å². The molecule has 2 atom stereocenters. The Bertz CT molecular complexity index is 281. The summed E-state index contributed by atoms with van der Waals surface area (Å²) in [5.41, 5.74) is -0.419. The first-order valence-corrected chi connectivity index (χ1v) is 8.92. The highest BCUT2D eigenvalue weighted by molar-refractivity contribution is 4.88. The average Bonchev–Trinajstić information content (AvgIpc) is 2.40. The van der Waals surface area contributed by atoms with Crippen LogP contribution in [0.25, 0.3) is 0 Å². The van der Waals surface area contributed by atoms with Gasteiger partial charge in [-0.05, 0) is 62.7 Å². The van der Waals surface area contributed by atoms with Gasteiger partial charge in [0.2, 0.25) is 0 Å². The van der Waals surface area contributed by atoms with Gasteiger partial charge >= 0.3 is 0 Å². The summed E-state index contributed by atoms with van der Waals surface area (Å²) < 4.78 is 0. The Hall–Kier alpha value is -0.0800. The minimum atomic E-state index is -0.419. The molecule has 0 aromatic heterocycles. The molecule has 0 radical (unpaired) electrons. The molecule has 2 unspecified atom stereocenters. The lowest BCUT2D eigenvalue weighted by Crippen LogP contribution is -2.47. The Balaban J connectivity index is 1.73. The summed E-state index contributed by atoms with van der Waals surface area (Å²) >= 11 is 0. The molecule has 2 aliphatic carbocycles. The lowest BCUT2D eigenvalue weighted by molar-refractivity contribution is -0.00972. The highest BCUT2D eigenvalue weighted by Gasteiger charge is 2.32. The second kappa shape index (κ2) is 7.26. The lowest BCUT2D eigenvalue weighted by Gasteiger charge is -2.38. The van der Waals surface area contributed by atoms with Crippen molar-refractivity contribution >= 4 is 0 Å². The third-order valence-electron chi connectivity index (χ3n) is 5.51. The first-order valence-electron chi connectivity index (χ1n) is 8.92. The van der Waals surface area contributed by atoms with Crippen LogP contribution in [0.2, 0.25) is 0 Å². The van der Waals surface area contributed by atoms with Crippen molar-refractivity contribution in [2.24, 2.45) is 17.8 Å². The van der Waals surface area contributed by atoms with E-state index in [-0.39, 0.29) is 0 Å². The summed E-state index contributed by atoms with van der Waals surface area (Å²) in [5.74, 6) is 2.53. The van der Waals surface area contributed by atoms with Crippen molar-refractivity contribution in [3.8, 4) is 0 Å². The summed E-state index contributed by atoms with van der Waals surface area (Å²) in [7, 11) is 0. The standard InChI is InChI=1S/C18H35NO/c1-14(2)11-16-5-4-6-17(12-16)19-13-18(20)9-7-15(3)8-10-18/h14-17,19-20H,4-13H2,1-3H3. The van der Waals surface area contributed by atoms with Crippen molar-refractivity contribution in [2.75, 3.05) is 6.54 Å². The minimum absolute atomic E-state index is 0.419. The molecule has 2 saturated carbocycles. The van der Waals surface area contributed by atoms with Gasteiger partial charge in [0.25, 0.3) is 0 Å². The average molecular weight is 281 g/mol. The maximum Gasteiger partial charge on any atom is 0.0771 e. The summed E-state index contributed by atoms with van der Waals surface area (Å²) in [6.07, 6.45) is 11.2. The molecule has 20 heavy (non-hydrogen) atoms. The van der Waals surface area contributed by atoms with Crippen molar-refractivity contribution in [2.45, 2.75) is 90.2 Å². The summed E-state index contributed by atoms with van der Waals surface area (Å²) in [6, 6.07) is 0.649. The first kappa shape index (κ1) is 16.3. The van der Waals surface area contributed by atoms with Crippen LogP contribution in [0, 0.1) is 17.8 Å². The van der Waals surface area contributed by atoms with Crippen molar-refractivity contribution in [1.82, 2.24) is 5.32 Å². The molecule has 2 rings (SSSR count). The van der Waals surface area contributed by atoms with Crippen molar-refractivity contribution < 1.29 is 5.11 Å². The van der Waals surface area contributed by atoms with Crippen molar-refractivity contribution in [3.05, 3.63) is 0 Å². The smallest absolute Gasteiger partial charge is 0.0771 e. The third kappa shape index (κ3) is 5.04. The Morgan fingerprint density at radius 1 is 1.15 bits per heavy atom. The van der Waals surface area contributed by atoms with E-state index in [1.165, 1.54) is 44.9 Å². The minimum Gasteiger partial charge on any atom is -0.389 e. The number of rotatable bonds is 5. The maximum atomic E-state index is 10.7. The number of hydrogen-bond donors (Lipinski definition) is 2. The largest absolute Gasteiger partial charge is 0.389 e. The molecule has 0 bridgehead atoms. The Morgan fingerprint density at radius 3 is 2.50 bits per heavy atom. The molecule has 0 saturated heterocycles. The second-order valence-corrected chi connectivity index (χ2v) is 8.15. The fourth-order valence-corrected chi connectivity index (χ4v) is 4.17. The van der Waals surface area contributed by atoms with E-state index in [2.05, 4.69) is 26.1 Å². The SMILES string of the molecule is CC(C)CC1CCCC(NCC2(O)CCC(C)CC2)C1. The van der Waals surface area contributed by atoms with Gasteiger partial charge in [-0.25, -0.2) is 0 Å². The van der Waals surface area contributed by atoms with Crippen LogP contribution in [0.5, 0.6) is 0 Å². The highest BCUT2D eigenvalue weighted by Crippen LogP contribution is 2.33. The van der Waals surface area contributed by atoms with Crippen LogP contribution >= 0.6 is 0 Å². The van der Waals surface area contributed by atoms with E-state index >= 15 is 0 Å². The summed E-state index contributed by atoms with van der Waals surface area (Å²) in [6.45, 7) is 7.80. The molecule has 2 nitrogen and oxygen atoms in total. The van der Waals surface area contributed by atoms with E-state index in [9.17, 15) is 5.11 Å². The molecular weight excluding hydrogens is 246 g/mol. The Morgan fingerprint density at radius 2 is 1.85 bits per heavy atom. The van der Waals surface area contributed by atoms with Crippen LogP contribution in [0.4, 0.5) is 0 Å². The number of nitrogens with one attached hydrogen (secondary N) is 1. The zero-order chi connectivity index (χ0) is 14.6. The number of hydrogen-bond acceptors (Lipinski definition) is 2. The quantitative estimate of drug-likeness (QED) is 0.794. The molecular formula is C18H35NO. The van der Waals surface area contributed by atoms with E-state index in [0.717, 1.165) is 37.1 Å². The van der Waals surface area contributed by atoms with E-state index in [0.29, 0.717) is 6.04 Å². The van der Waals surface area contributed by atoms with Gasteiger partial charge < -0.3 is 10.4 Å². The molecule has 0 aromatic carbocycles. The predicted octanol–water partition coefficient (Wildman–Crippen LogP) is 4.12. The molecule has 0 aromatic rings. The molecule has 0 spiro atoms. The van der Waals surface area contributed by atoms with Gasteiger partial charge in [0, 0.05) is 12.6 Å². The van der Waals surface area contributed by atoms with Gasteiger partial charge in [0.1, 0.15) is 0 Å². The zero-order valence-electron chi connectivity index (χ0n) is 13.8. The van der Waals surface area contributed by atoms with Crippen LogP contribution in [0.3, 0.4) is 0 Å². The molecule has 0 aliphatic heterocycles. The van der Waals surface area contributed by atoms with E-state index in [4.69, 9.17) is 0 Å². The Kier molecular flexibility index (Phi) is 5.92. The molecule has 118 valence electrons. The summed E-state index contributed by atoms with van der Waals surface area (Å²) in [4.78, 5) is 0. The fraction of sp³-hybridized carbons (Fsp3) is 1.00. The van der Waals surface area contributed by atoms with Crippen LogP contribution < -0.4 is 5.32 Å². The fourth-order valence-electron chi connectivity index (χ4n) is 4.17. The van der Waals surface area contributed by atoms with Gasteiger partial charge in [0.05, 0.1) is 5.60 Å². The first-order chi connectivity index (χ1) is 9.47. The van der Waals surface area contributed by atoms with E-state index < -0.39 is 5.60 Å². The predicted molar refractivity (Wildman–Crippen MR) is 85.8 cm³/mol. The number of aliphatic hydroxyl groups is 1. The second-order valence-electron chi connectivity index (χ2n) is 8.15. The van der Waals surface area contributed by atoms with Crippen LogP contribution in [-0.2, 0) is 0 Å². The molecule has 2 N–H and O–H groups in total. The van der Waals surface area contributed by atoms with Gasteiger partial charge in [-0.15, -0.1) is 0 Å². The monoisotopic (exact) mass is 281 g/mol. The topological polar surface area (TPSA) is 32.3 Å². The molecule has 0 heterocycles. The molecule has 2 heteroatoms. The van der Waals surface area contributed by atoms with Crippen LogP contribution in [0.15, 0.2) is 0 Å². The Labute approximate surface area is 125 Å².